The Morgan fingerprint density at radius 1 is 1.07 bits per heavy atom. The van der Waals surface area contributed by atoms with E-state index in [0.29, 0.717) is 18.7 Å². The fourth-order valence-electron chi connectivity index (χ4n) is 4.25. The van der Waals surface area contributed by atoms with E-state index in [4.69, 9.17) is 14.2 Å². The van der Waals surface area contributed by atoms with Gasteiger partial charge in [-0.2, -0.15) is 0 Å². The number of nitrogens with zero attached hydrogens (tertiary/aromatic N) is 1. The molecule has 0 spiro atoms. The molecule has 7 nitrogen and oxygen atoms in total. The zero-order valence-electron chi connectivity index (χ0n) is 16.1. The van der Waals surface area contributed by atoms with E-state index >= 15 is 0 Å². The van der Waals surface area contributed by atoms with Crippen molar-refractivity contribution in [3.63, 3.8) is 0 Å². The first kappa shape index (κ1) is 18.0. The van der Waals surface area contributed by atoms with Crippen LogP contribution in [0.5, 0.6) is 11.5 Å². The van der Waals surface area contributed by atoms with Crippen LogP contribution < -0.4 is 14.4 Å². The highest BCUT2D eigenvalue weighted by Gasteiger charge is 2.34. The first-order chi connectivity index (χ1) is 14.2. The van der Waals surface area contributed by atoms with Crippen molar-refractivity contribution in [2.24, 2.45) is 0 Å². The van der Waals surface area contributed by atoms with Crippen LogP contribution in [0, 0.1) is 0 Å². The Kier molecular flexibility index (Phi) is 4.60. The first-order valence-corrected chi connectivity index (χ1v) is 9.97. The Morgan fingerprint density at radius 2 is 1.86 bits per heavy atom. The van der Waals surface area contributed by atoms with Crippen molar-refractivity contribution < 1.29 is 28.7 Å². The zero-order valence-corrected chi connectivity index (χ0v) is 16.1. The van der Waals surface area contributed by atoms with E-state index in [1.54, 1.807) is 6.07 Å². The van der Waals surface area contributed by atoms with Gasteiger partial charge in [-0.1, -0.05) is 18.2 Å². The van der Waals surface area contributed by atoms with Crippen molar-refractivity contribution in [2.75, 3.05) is 33.0 Å². The highest BCUT2D eigenvalue weighted by atomic mass is 16.7. The molecule has 29 heavy (non-hydrogen) atoms. The Bertz CT molecular complexity index is 952. The summed E-state index contributed by atoms with van der Waals surface area (Å²) in [5, 5.41) is 0. The summed E-state index contributed by atoms with van der Waals surface area (Å²) >= 11 is 0. The average molecular weight is 395 g/mol. The number of ether oxygens (including phenoxy) is 3. The van der Waals surface area contributed by atoms with E-state index in [2.05, 4.69) is 6.07 Å². The Hall–Kier alpha value is -3.06. The van der Waals surface area contributed by atoms with Crippen LogP contribution in [0.15, 0.2) is 42.5 Å². The summed E-state index contributed by atoms with van der Waals surface area (Å²) in [6.45, 7) is 4.38. The van der Waals surface area contributed by atoms with E-state index < -0.39 is 6.10 Å². The molecule has 1 amide bonds. The van der Waals surface area contributed by atoms with Gasteiger partial charge in [-0.15, -0.1) is 0 Å². The Morgan fingerprint density at radius 3 is 2.72 bits per heavy atom. The molecule has 2 aromatic carbocycles. The number of hydrogen-bond donors (Lipinski definition) is 1. The van der Waals surface area contributed by atoms with Crippen LogP contribution in [-0.2, 0) is 16.1 Å². The Labute approximate surface area is 168 Å². The molecule has 0 aromatic heterocycles. The number of rotatable bonds is 4. The molecule has 150 valence electrons. The van der Waals surface area contributed by atoms with Gasteiger partial charge in [0, 0.05) is 11.1 Å². The monoisotopic (exact) mass is 395 g/mol. The molecule has 3 aliphatic heterocycles. The van der Waals surface area contributed by atoms with E-state index in [-0.39, 0.29) is 25.1 Å². The number of nitrogens with one attached hydrogen (secondary N) is 1. The van der Waals surface area contributed by atoms with Gasteiger partial charge in [-0.25, -0.2) is 4.79 Å². The molecule has 2 aromatic rings. The molecule has 0 saturated carbocycles. The van der Waals surface area contributed by atoms with Gasteiger partial charge >= 0.3 is 5.97 Å². The maximum atomic E-state index is 12.8. The van der Waals surface area contributed by atoms with Crippen molar-refractivity contribution >= 4 is 11.9 Å². The van der Waals surface area contributed by atoms with Crippen molar-refractivity contribution in [1.29, 1.82) is 0 Å². The van der Waals surface area contributed by atoms with Gasteiger partial charge in [0.2, 0.25) is 12.7 Å². The molecule has 5 rings (SSSR count). The fourth-order valence-corrected chi connectivity index (χ4v) is 4.25. The van der Waals surface area contributed by atoms with Crippen LogP contribution >= 0.6 is 0 Å². The minimum Gasteiger partial charge on any atom is -0.454 e. The number of cyclic esters (lactones) is 1. The van der Waals surface area contributed by atoms with Crippen LogP contribution in [0.4, 0.5) is 0 Å². The number of carbonyl (C=O) groups excluding carboxylic acids is 2. The van der Waals surface area contributed by atoms with Gasteiger partial charge < -0.3 is 24.0 Å². The number of carbonyl (C=O) groups is 2. The largest absolute Gasteiger partial charge is 0.454 e. The lowest BCUT2D eigenvalue weighted by Gasteiger charge is -2.32. The molecule has 1 saturated heterocycles. The molecule has 0 aliphatic carbocycles. The third-order valence-electron chi connectivity index (χ3n) is 5.85. The lowest BCUT2D eigenvalue weighted by Crippen LogP contribution is -3.13. The number of fused-ring (bicyclic) bond motifs is 2. The summed E-state index contributed by atoms with van der Waals surface area (Å²) in [5.74, 6) is 1.31. The quantitative estimate of drug-likeness (QED) is 0.781. The molecular formula is C22H23N2O5+. The minimum atomic E-state index is -0.467. The van der Waals surface area contributed by atoms with Crippen LogP contribution in [0.1, 0.15) is 34.0 Å². The second-order valence-corrected chi connectivity index (χ2v) is 7.68. The highest BCUT2D eigenvalue weighted by molar-refractivity contribution is 5.94. The molecule has 7 heteroatoms. The highest BCUT2D eigenvalue weighted by Crippen LogP contribution is 2.33. The van der Waals surface area contributed by atoms with E-state index in [1.165, 1.54) is 10.5 Å². The zero-order chi connectivity index (χ0) is 19.8. The predicted octanol–water partition coefficient (Wildman–Crippen LogP) is 0.944. The van der Waals surface area contributed by atoms with Crippen molar-refractivity contribution in [3.05, 3.63) is 59.2 Å². The third kappa shape index (κ3) is 3.53. The summed E-state index contributed by atoms with van der Waals surface area (Å²) in [5.41, 5.74) is 2.60. The summed E-state index contributed by atoms with van der Waals surface area (Å²) in [7, 11) is 0. The van der Waals surface area contributed by atoms with Gasteiger partial charge in [0.05, 0.1) is 38.2 Å². The molecule has 1 atom stereocenters. The van der Waals surface area contributed by atoms with Crippen molar-refractivity contribution in [2.45, 2.75) is 19.1 Å². The fraction of sp³-hybridized carbons (Fsp3) is 0.364. The van der Waals surface area contributed by atoms with Crippen molar-refractivity contribution in [1.82, 2.24) is 4.90 Å². The summed E-state index contributed by atoms with van der Waals surface area (Å²) in [4.78, 5) is 28.0. The Balaban J connectivity index is 1.15. The number of amides is 1. The van der Waals surface area contributed by atoms with Crippen LogP contribution in [-0.4, -0.2) is 49.7 Å². The van der Waals surface area contributed by atoms with E-state index in [1.807, 2.05) is 35.2 Å². The van der Waals surface area contributed by atoms with E-state index in [9.17, 15) is 9.59 Å². The number of esters is 1. The second-order valence-electron chi connectivity index (χ2n) is 7.68. The molecule has 1 N–H and O–H groups in total. The van der Waals surface area contributed by atoms with Gasteiger partial charge in [-0.05, 0) is 24.3 Å². The van der Waals surface area contributed by atoms with E-state index in [0.717, 1.165) is 36.7 Å². The lowest BCUT2D eigenvalue weighted by atomic mass is 10.0. The molecule has 1 fully saturated rings. The number of quaternary nitrogens is 1. The number of piperazine rings is 1. The number of hydrogen-bond acceptors (Lipinski definition) is 5. The van der Waals surface area contributed by atoms with Gasteiger partial charge in [0.15, 0.2) is 11.5 Å². The minimum absolute atomic E-state index is 0.0432. The normalized spacial score (nSPS) is 20.5. The molecule has 0 bridgehead atoms. The second kappa shape index (κ2) is 7.40. The van der Waals surface area contributed by atoms with Crippen LogP contribution in [0.2, 0.25) is 0 Å². The average Bonchev–Trinajstić information content (AvgIpc) is 3.33. The molecule has 3 aliphatic rings. The number of benzene rings is 2. The molecule has 3 heterocycles. The van der Waals surface area contributed by atoms with Crippen LogP contribution in [0.25, 0.3) is 0 Å². The summed E-state index contributed by atoms with van der Waals surface area (Å²) in [6, 6.07) is 13.4. The molecular weight excluding hydrogens is 372 g/mol. The standard InChI is InChI=1S/C22H22N2O5/c25-21(12-19-16-3-1-2-4-17(16)22(26)29-19)24-9-7-23(8-10-24)13-15-5-6-18-20(11-15)28-14-27-18/h1-6,11,19H,7-10,12-14H2/p+1/t19-/m1/s1. The predicted molar refractivity (Wildman–Crippen MR) is 103 cm³/mol. The topological polar surface area (TPSA) is 69.5 Å². The summed E-state index contributed by atoms with van der Waals surface area (Å²) in [6.07, 6.45) is -0.259. The maximum Gasteiger partial charge on any atom is 0.339 e. The van der Waals surface area contributed by atoms with Gasteiger partial charge in [-0.3, -0.25) is 4.79 Å². The van der Waals surface area contributed by atoms with Gasteiger partial charge in [0.1, 0.15) is 12.6 Å². The smallest absolute Gasteiger partial charge is 0.339 e. The lowest BCUT2D eigenvalue weighted by molar-refractivity contribution is -0.917. The molecule has 0 unspecified atom stereocenters. The SMILES string of the molecule is O=C1O[C@H](CC(=O)N2CC[NH+](Cc3ccc4c(c3)OCO4)CC2)c2ccccc21. The third-order valence-corrected chi connectivity index (χ3v) is 5.85. The maximum absolute atomic E-state index is 12.8. The van der Waals surface area contributed by atoms with Crippen molar-refractivity contribution in [3.8, 4) is 11.5 Å². The van der Waals surface area contributed by atoms with Gasteiger partial charge in [0.25, 0.3) is 0 Å². The first-order valence-electron chi connectivity index (χ1n) is 9.97. The van der Waals surface area contributed by atoms with Crippen LogP contribution in [0.3, 0.4) is 0 Å². The summed E-state index contributed by atoms with van der Waals surface area (Å²) < 4.78 is 16.2. The molecule has 0 radical (unpaired) electrons.